The van der Waals surface area contributed by atoms with Crippen LogP contribution in [0.4, 0.5) is 0 Å². The molecule has 3 unspecified atom stereocenters. The Morgan fingerprint density at radius 1 is 1.13 bits per heavy atom. The number of carboxylic acid groups (broad SMARTS) is 2. The van der Waals surface area contributed by atoms with E-state index in [0.29, 0.717) is 6.54 Å². The second-order valence-electron chi connectivity index (χ2n) is 6.41. The lowest BCUT2D eigenvalue weighted by atomic mass is 10.1. The maximum atomic E-state index is 11.1. The third-order valence-corrected chi connectivity index (χ3v) is 4.10. The van der Waals surface area contributed by atoms with Crippen LogP contribution < -0.4 is 5.11 Å². The van der Waals surface area contributed by atoms with Crippen LogP contribution in [0.15, 0.2) is 12.2 Å². The van der Waals surface area contributed by atoms with E-state index in [4.69, 9.17) is 5.11 Å². The van der Waals surface area contributed by atoms with E-state index in [-0.39, 0.29) is 24.3 Å². The van der Waals surface area contributed by atoms with Gasteiger partial charge in [-0.25, -0.2) is 0 Å². The molecule has 134 valence electrons. The van der Waals surface area contributed by atoms with Gasteiger partial charge in [0.1, 0.15) is 5.92 Å². The number of quaternary nitrogens is 1. The minimum atomic E-state index is -1.17. The van der Waals surface area contributed by atoms with E-state index in [1.54, 1.807) is 6.92 Å². The van der Waals surface area contributed by atoms with E-state index in [1.165, 1.54) is 6.92 Å². The fourth-order valence-electron chi connectivity index (χ4n) is 2.75. The Hall–Kier alpha value is -1.40. The molecule has 6 heteroatoms. The summed E-state index contributed by atoms with van der Waals surface area (Å²) in [4.78, 5) is 22.2. The van der Waals surface area contributed by atoms with Crippen LogP contribution in [0.2, 0.25) is 0 Å². The summed E-state index contributed by atoms with van der Waals surface area (Å²) < 4.78 is 0.0834. The van der Waals surface area contributed by atoms with Gasteiger partial charge in [-0.3, -0.25) is 9.28 Å². The van der Waals surface area contributed by atoms with Crippen molar-refractivity contribution < 1.29 is 29.4 Å². The largest absolute Gasteiger partial charge is 0.550 e. The lowest BCUT2D eigenvalue weighted by molar-refractivity contribution is -0.949. The molecule has 0 aliphatic heterocycles. The van der Waals surface area contributed by atoms with Crippen molar-refractivity contribution in [3.05, 3.63) is 12.2 Å². The molecule has 0 rings (SSSR count). The molecule has 0 radical (unpaired) electrons. The molecule has 0 amide bonds. The van der Waals surface area contributed by atoms with Crippen LogP contribution in [0.5, 0.6) is 0 Å². The quantitative estimate of drug-likeness (QED) is 0.227. The standard InChI is InChI=1S/C17H31NO5/c1-4-5-6-7-8-9-10-18(13-19,11-14(2)16(20)21)12-15(3)17(22)23/h5-6,14-15,19H,4,7-13H2,1-3H3,(H-,20,21,22,23)/b6-5+. The molecule has 0 saturated carbocycles. The molecular formula is C17H31NO5. The summed E-state index contributed by atoms with van der Waals surface area (Å²) in [6, 6.07) is 0. The van der Waals surface area contributed by atoms with Gasteiger partial charge in [-0.05, 0) is 32.6 Å². The van der Waals surface area contributed by atoms with E-state index in [2.05, 4.69) is 19.1 Å². The van der Waals surface area contributed by atoms with Gasteiger partial charge in [0.25, 0.3) is 0 Å². The number of carbonyl (C=O) groups is 2. The second kappa shape index (κ2) is 11.2. The number of allylic oxidation sites excluding steroid dienone is 2. The van der Waals surface area contributed by atoms with Gasteiger partial charge in [0, 0.05) is 11.9 Å². The maximum absolute atomic E-state index is 11.1. The number of aliphatic hydroxyl groups is 1. The Labute approximate surface area is 139 Å². The summed E-state index contributed by atoms with van der Waals surface area (Å²) in [6.07, 6.45) is 7.87. The molecule has 0 spiro atoms. The second-order valence-corrected chi connectivity index (χ2v) is 6.41. The first-order valence-electron chi connectivity index (χ1n) is 8.32. The Morgan fingerprint density at radius 3 is 2.22 bits per heavy atom. The van der Waals surface area contributed by atoms with Crippen molar-refractivity contribution in [3.8, 4) is 0 Å². The molecule has 0 aromatic rings. The maximum Gasteiger partial charge on any atom is 0.311 e. The molecular weight excluding hydrogens is 298 g/mol. The van der Waals surface area contributed by atoms with Gasteiger partial charge in [0.2, 0.25) is 0 Å². The van der Waals surface area contributed by atoms with E-state index < -0.39 is 23.8 Å². The van der Waals surface area contributed by atoms with Crippen LogP contribution in [0.3, 0.4) is 0 Å². The Bertz CT molecular complexity index is 372. The summed E-state index contributed by atoms with van der Waals surface area (Å²) in [5.74, 6) is -3.48. The van der Waals surface area contributed by atoms with Crippen molar-refractivity contribution in [1.29, 1.82) is 0 Å². The third kappa shape index (κ3) is 8.71. The highest BCUT2D eigenvalue weighted by Crippen LogP contribution is 2.17. The van der Waals surface area contributed by atoms with E-state index in [0.717, 1.165) is 25.7 Å². The molecule has 0 heterocycles. The van der Waals surface area contributed by atoms with Gasteiger partial charge >= 0.3 is 5.97 Å². The van der Waals surface area contributed by atoms with Crippen LogP contribution in [-0.4, -0.2) is 53.0 Å². The van der Waals surface area contributed by atoms with Crippen molar-refractivity contribution in [2.75, 3.05) is 26.4 Å². The summed E-state index contributed by atoms with van der Waals surface area (Å²) >= 11 is 0. The molecule has 3 atom stereocenters. The van der Waals surface area contributed by atoms with Gasteiger partial charge in [0.05, 0.1) is 19.6 Å². The lowest BCUT2D eigenvalue weighted by Gasteiger charge is -2.40. The molecule has 0 aliphatic carbocycles. The van der Waals surface area contributed by atoms with Crippen molar-refractivity contribution in [3.63, 3.8) is 0 Å². The minimum Gasteiger partial charge on any atom is -0.550 e. The lowest BCUT2D eigenvalue weighted by Crippen LogP contribution is -2.56. The Morgan fingerprint density at radius 2 is 1.74 bits per heavy atom. The van der Waals surface area contributed by atoms with Gasteiger partial charge in [0.15, 0.2) is 6.73 Å². The number of nitrogens with zero attached hydrogens (tertiary/aromatic N) is 1. The fraction of sp³-hybridized carbons (Fsp3) is 0.765. The average Bonchev–Trinajstić information content (AvgIpc) is 2.50. The first-order chi connectivity index (χ1) is 10.8. The van der Waals surface area contributed by atoms with Crippen LogP contribution >= 0.6 is 0 Å². The number of hydrogen-bond donors (Lipinski definition) is 2. The highest BCUT2D eigenvalue weighted by atomic mass is 16.4. The topological polar surface area (TPSA) is 97.7 Å². The number of rotatable bonds is 13. The molecule has 0 aromatic carbocycles. The SMILES string of the molecule is CC/C=C/CCCC[N+](CO)(CC(C)C(=O)[O-])CC(C)C(=O)O. The fourth-order valence-corrected chi connectivity index (χ4v) is 2.75. The first-order valence-corrected chi connectivity index (χ1v) is 8.32. The Balaban J connectivity index is 4.83. The van der Waals surface area contributed by atoms with Crippen LogP contribution in [-0.2, 0) is 9.59 Å². The number of aliphatic carboxylic acids is 2. The number of carboxylic acids is 2. The highest BCUT2D eigenvalue weighted by molar-refractivity contribution is 5.69. The smallest absolute Gasteiger partial charge is 0.311 e. The van der Waals surface area contributed by atoms with E-state index in [1.807, 2.05) is 0 Å². The first kappa shape index (κ1) is 21.6. The molecule has 0 fully saturated rings. The zero-order valence-corrected chi connectivity index (χ0v) is 14.5. The molecule has 0 saturated heterocycles. The number of hydrogen-bond acceptors (Lipinski definition) is 4. The van der Waals surface area contributed by atoms with Gasteiger partial charge in [-0.2, -0.15) is 0 Å². The highest BCUT2D eigenvalue weighted by Gasteiger charge is 2.33. The molecule has 6 nitrogen and oxygen atoms in total. The van der Waals surface area contributed by atoms with Gasteiger partial charge in [-0.15, -0.1) is 0 Å². The monoisotopic (exact) mass is 329 g/mol. The molecule has 0 aliphatic rings. The van der Waals surface area contributed by atoms with Crippen molar-refractivity contribution in [2.24, 2.45) is 11.8 Å². The zero-order chi connectivity index (χ0) is 17.9. The summed E-state index contributed by atoms with van der Waals surface area (Å²) in [5, 5.41) is 30.0. The van der Waals surface area contributed by atoms with Crippen molar-refractivity contribution in [1.82, 2.24) is 0 Å². The predicted octanol–water partition coefficient (Wildman–Crippen LogP) is 0.996. The predicted molar refractivity (Wildman–Crippen MR) is 86.2 cm³/mol. The van der Waals surface area contributed by atoms with Crippen LogP contribution in [0.25, 0.3) is 0 Å². The third-order valence-electron chi connectivity index (χ3n) is 4.10. The van der Waals surface area contributed by atoms with Crippen LogP contribution in [0, 0.1) is 11.8 Å². The van der Waals surface area contributed by atoms with Crippen LogP contribution in [0.1, 0.15) is 46.5 Å². The number of carbonyl (C=O) groups excluding carboxylic acids is 1. The summed E-state index contributed by atoms with van der Waals surface area (Å²) in [7, 11) is 0. The molecule has 2 N–H and O–H groups in total. The molecule has 0 aromatic heterocycles. The molecule has 0 bridgehead atoms. The number of unbranched alkanes of at least 4 members (excludes halogenated alkanes) is 2. The molecule has 23 heavy (non-hydrogen) atoms. The van der Waals surface area contributed by atoms with Gasteiger partial charge < -0.3 is 20.1 Å². The van der Waals surface area contributed by atoms with E-state index in [9.17, 15) is 19.8 Å². The van der Waals surface area contributed by atoms with Crippen molar-refractivity contribution in [2.45, 2.75) is 46.5 Å². The van der Waals surface area contributed by atoms with Crippen molar-refractivity contribution >= 4 is 11.9 Å². The summed E-state index contributed by atoms with van der Waals surface area (Å²) in [6.45, 7) is 5.88. The van der Waals surface area contributed by atoms with E-state index >= 15 is 0 Å². The van der Waals surface area contributed by atoms with Gasteiger partial charge in [-0.1, -0.05) is 26.0 Å². The zero-order valence-electron chi connectivity index (χ0n) is 14.5. The minimum absolute atomic E-state index is 0.0834. The Kier molecular flexibility index (Phi) is 10.5. The average molecular weight is 329 g/mol. The summed E-state index contributed by atoms with van der Waals surface area (Å²) in [5.41, 5.74) is 0. The normalized spacial score (nSPS) is 16.9. The number of aliphatic hydroxyl groups excluding tert-OH is 1.